The molecule has 0 saturated heterocycles. The highest BCUT2D eigenvalue weighted by atomic mass is 32.1. The third-order valence-electron chi connectivity index (χ3n) is 2.19. The minimum absolute atomic E-state index is 0.733. The number of nitrogens with one attached hydrogen (secondary N) is 1. The Morgan fingerprint density at radius 1 is 1.44 bits per heavy atom. The average Bonchev–Trinajstić information content (AvgIpc) is 2.88. The first kappa shape index (κ1) is 11.3. The zero-order valence-electron chi connectivity index (χ0n) is 9.49. The Morgan fingerprint density at radius 3 is 2.94 bits per heavy atom. The van der Waals surface area contributed by atoms with Crippen LogP contribution in [0.3, 0.4) is 0 Å². The van der Waals surface area contributed by atoms with Gasteiger partial charge in [0, 0.05) is 30.2 Å². The van der Waals surface area contributed by atoms with Gasteiger partial charge >= 0.3 is 0 Å². The molecule has 0 aliphatic rings. The fraction of sp³-hybridized carbons (Fsp3) is 0.455. The summed E-state index contributed by atoms with van der Waals surface area (Å²) in [7, 11) is 0. The standard InChI is InChI=1S/C11H15N3OS/c1-3-11-13-7-10(16-11)6-12-5-9-4-8(2)15-14-9/h4,7,12H,3,5-6H2,1-2H3. The van der Waals surface area contributed by atoms with Crippen LogP contribution in [-0.4, -0.2) is 10.1 Å². The molecule has 2 aromatic rings. The second kappa shape index (κ2) is 5.23. The molecular weight excluding hydrogens is 222 g/mol. The molecule has 0 atom stereocenters. The van der Waals surface area contributed by atoms with Crippen molar-refractivity contribution in [2.75, 3.05) is 0 Å². The van der Waals surface area contributed by atoms with Crippen molar-refractivity contribution in [2.24, 2.45) is 0 Å². The highest BCUT2D eigenvalue weighted by Crippen LogP contribution is 2.13. The highest BCUT2D eigenvalue weighted by Gasteiger charge is 2.02. The van der Waals surface area contributed by atoms with Gasteiger partial charge in [-0.2, -0.15) is 0 Å². The zero-order chi connectivity index (χ0) is 11.4. The van der Waals surface area contributed by atoms with Crippen molar-refractivity contribution in [3.63, 3.8) is 0 Å². The van der Waals surface area contributed by atoms with Crippen molar-refractivity contribution in [3.05, 3.63) is 33.6 Å². The fourth-order valence-corrected chi connectivity index (χ4v) is 2.24. The molecule has 2 heterocycles. The largest absolute Gasteiger partial charge is 0.361 e. The lowest BCUT2D eigenvalue weighted by Crippen LogP contribution is -2.11. The zero-order valence-corrected chi connectivity index (χ0v) is 10.3. The Hall–Kier alpha value is -1.20. The van der Waals surface area contributed by atoms with Gasteiger partial charge in [-0.05, 0) is 13.3 Å². The van der Waals surface area contributed by atoms with Crippen molar-refractivity contribution < 1.29 is 4.52 Å². The van der Waals surface area contributed by atoms with Crippen LogP contribution in [0.4, 0.5) is 0 Å². The van der Waals surface area contributed by atoms with Crippen LogP contribution in [0.2, 0.25) is 0 Å². The van der Waals surface area contributed by atoms with E-state index in [1.807, 2.05) is 19.2 Å². The van der Waals surface area contributed by atoms with E-state index in [4.69, 9.17) is 4.52 Å². The van der Waals surface area contributed by atoms with Gasteiger partial charge in [0.2, 0.25) is 0 Å². The SMILES string of the molecule is CCc1ncc(CNCc2cc(C)on2)s1. The summed E-state index contributed by atoms with van der Waals surface area (Å²) in [6.07, 6.45) is 2.94. The Labute approximate surface area is 98.7 Å². The summed E-state index contributed by atoms with van der Waals surface area (Å²) >= 11 is 1.76. The summed E-state index contributed by atoms with van der Waals surface area (Å²) in [5.41, 5.74) is 0.942. The molecule has 5 heteroatoms. The van der Waals surface area contributed by atoms with E-state index in [1.165, 1.54) is 9.88 Å². The maximum absolute atomic E-state index is 4.99. The van der Waals surface area contributed by atoms with E-state index in [0.717, 1.165) is 31.0 Å². The van der Waals surface area contributed by atoms with Gasteiger partial charge in [0.05, 0.1) is 10.7 Å². The quantitative estimate of drug-likeness (QED) is 0.867. The van der Waals surface area contributed by atoms with Gasteiger partial charge in [-0.25, -0.2) is 4.98 Å². The maximum Gasteiger partial charge on any atom is 0.133 e. The fourth-order valence-electron chi connectivity index (χ4n) is 1.41. The van der Waals surface area contributed by atoms with E-state index in [2.05, 4.69) is 22.4 Å². The molecule has 0 aliphatic carbocycles. The molecule has 0 saturated carbocycles. The topological polar surface area (TPSA) is 51.0 Å². The van der Waals surface area contributed by atoms with Gasteiger partial charge in [-0.3, -0.25) is 0 Å². The molecule has 0 radical (unpaired) electrons. The molecule has 0 bridgehead atoms. The summed E-state index contributed by atoms with van der Waals surface area (Å²) in [6, 6.07) is 1.94. The van der Waals surface area contributed by atoms with Crippen LogP contribution >= 0.6 is 11.3 Å². The normalized spacial score (nSPS) is 10.9. The van der Waals surface area contributed by atoms with Crippen molar-refractivity contribution >= 4 is 11.3 Å². The van der Waals surface area contributed by atoms with Crippen LogP contribution in [0.25, 0.3) is 0 Å². The van der Waals surface area contributed by atoms with Crippen LogP contribution in [-0.2, 0) is 19.5 Å². The molecule has 86 valence electrons. The number of aryl methyl sites for hydroxylation is 2. The predicted octanol–water partition coefficient (Wildman–Crippen LogP) is 2.29. The molecule has 0 spiro atoms. The summed E-state index contributed by atoms with van der Waals surface area (Å²) in [4.78, 5) is 5.57. The Kier molecular flexibility index (Phi) is 3.69. The third kappa shape index (κ3) is 2.90. The Bertz CT molecular complexity index is 450. The van der Waals surface area contributed by atoms with Gasteiger partial charge in [-0.1, -0.05) is 12.1 Å². The molecule has 1 N–H and O–H groups in total. The summed E-state index contributed by atoms with van der Waals surface area (Å²) in [5.74, 6) is 0.850. The van der Waals surface area contributed by atoms with E-state index < -0.39 is 0 Å². The molecule has 2 rings (SSSR count). The molecule has 0 unspecified atom stereocenters. The molecule has 0 amide bonds. The van der Waals surface area contributed by atoms with E-state index in [9.17, 15) is 0 Å². The second-order valence-electron chi connectivity index (χ2n) is 3.61. The molecule has 0 fully saturated rings. The van der Waals surface area contributed by atoms with Gasteiger partial charge < -0.3 is 9.84 Å². The number of aromatic nitrogens is 2. The van der Waals surface area contributed by atoms with E-state index >= 15 is 0 Å². The Balaban J connectivity index is 1.79. The smallest absolute Gasteiger partial charge is 0.133 e. The van der Waals surface area contributed by atoms with Crippen LogP contribution in [0.15, 0.2) is 16.8 Å². The summed E-state index contributed by atoms with van der Waals surface area (Å²) in [5, 5.41) is 8.42. The first-order chi connectivity index (χ1) is 7.78. The highest BCUT2D eigenvalue weighted by molar-refractivity contribution is 7.11. The molecular formula is C11H15N3OS. The third-order valence-corrected chi connectivity index (χ3v) is 3.33. The molecule has 0 aromatic carbocycles. The number of hydrogen-bond donors (Lipinski definition) is 1. The van der Waals surface area contributed by atoms with E-state index in [1.54, 1.807) is 11.3 Å². The lowest BCUT2D eigenvalue weighted by Gasteiger charge is -1.97. The monoisotopic (exact) mass is 237 g/mol. The van der Waals surface area contributed by atoms with Crippen LogP contribution in [0.1, 0.15) is 28.3 Å². The van der Waals surface area contributed by atoms with Gasteiger partial charge in [0.25, 0.3) is 0 Å². The van der Waals surface area contributed by atoms with E-state index in [-0.39, 0.29) is 0 Å². The minimum atomic E-state index is 0.733. The Morgan fingerprint density at radius 2 is 2.31 bits per heavy atom. The number of rotatable bonds is 5. The lowest BCUT2D eigenvalue weighted by atomic mass is 10.4. The first-order valence-corrected chi connectivity index (χ1v) is 6.16. The van der Waals surface area contributed by atoms with Gasteiger partial charge in [-0.15, -0.1) is 11.3 Å². The van der Waals surface area contributed by atoms with Crippen molar-refractivity contribution in [1.82, 2.24) is 15.5 Å². The second-order valence-corrected chi connectivity index (χ2v) is 4.81. The van der Waals surface area contributed by atoms with Crippen molar-refractivity contribution in [1.29, 1.82) is 0 Å². The first-order valence-electron chi connectivity index (χ1n) is 5.34. The van der Waals surface area contributed by atoms with Gasteiger partial charge in [0.15, 0.2) is 0 Å². The summed E-state index contributed by atoms with van der Waals surface area (Å²) < 4.78 is 4.99. The molecule has 2 aromatic heterocycles. The predicted molar refractivity (Wildman–Crippen MR) is 63.3 cm³/mol. The van der Waals surface area contributed by atoms with Crippen LogP contribution in [0, 0.1) is 6.92 Å². The van der Waals surface area contributed by atoms with Gasteiger partial charge in [0.1, 0.15) is 5.76 Å². The average molecular weight is 237 g/mol. The number of hydrogen-bond acceptors (Lipinski definition) is 5. The van der Waals surface area contributed by atoms with E-state index in [0.29, 0.717) is 0 Å². The lowest BCUT2D eigenvalue weighted by molar-refractivity contribution is 0.388. The molecule has 16 heavy (non-hydrogen) atoms. The summed E-state index contributed by atoms with van der Waals surface area (Å²) in [6.45, 7) is 5.59. The minimum Gasteiger partial charge on any atom is -0.361 e. The van der Waals surface area contributed by atoms with Crippen LogP contribution < -0.4 is 5.32 Å². The molecule has 0 aliphatic heterocycles. The number of nitrogens with zero attached hydrogens (tertiary/aromatic N) is 2. The molecule has 4 nitrogen and oxygen atoms in total. The van der Waals surface area contributed by atoms with Crippen LogP contribution in [0.5, 0.6) is 0 Å². The van der Waals surface area contributed by atoms with Crippen molar-refractivity contribution in [2.45, 2.75) is 33.4 Å². The maximum atomic E-state index is 4.99. The number of thiazole rings is 1. The van der Waals surface area contributed by atoms with Crippen molar-refractivity contribution in [3.8, 4) is 0 Å².